The molecule has 2 amide bonds. The first kappa shape index (κ1) is 23.9. The number of nitrogens with one attached hydrogen (secondary N) is 2. The molecule has 0 aliphatic heterocycles. The van der Waals surface area contributed by atoms with Crippen LogP contribution in [0.2, 0.25) is 0 Å². The van der Waals surface area contributed by atoms with Gasteiger partial charge in [0.1, 0.15) is 24.8 Å². The lowest BCUT2D eigenvalue weighted by molar-refractivity contribution is -0.145. The minimum Gasteiger partial charge on any atom is -0.467 e. The van der Waals surface area contributed by atoms with Crippen LogP contribution in [0.1, 0.15) is 39.2 Å². The van der Waals surface area contributed by atoms with Crippen LogP contribution in [-0.2, 0) is 35.2 Å². The first-order chi connectivity index (χ1) is 13.6. The number of carbonyl (C=O) groups excluding carboxylic acids is 4. The van der Waals surface area contributed by atoms with Gasteiger partial charge in [-0.1, -0.05) is 30.3 Å². The van der Waals surface area contributed by atoms with Gasteiger partial charge in [-0.05, 0) is 32.8 Å². The van der Waals surface area contributed by atoms with Gasteiger partial charge in [0, 0.05) is 6.42 Å². The summed E-state index contributed by atoms with van der Waals surface area (Å²) in [5.41, 5.74) is 0.101. The SMILES string of the molecule is COC(=O)C(CCC(=O)NCC(=O)OCc1ccccc1)NC(=O)OC(C)(C)C. The first-order valence-electron chi connectivity index (χ1n) is 9.14. The number of methoxy groups -OCH3 is 1. The summed E-state index contributed by atoms with van der Waals surface area (Å²) in [5, 5.41) is 4.79. The molecule has 0 aliphatic rings. The Kier molecular flexibility index (Phi) is 9.64. The molecule has 9 heteroatoms. The number of carbonyl (C=O) groups is 4. The van der Waals surface area contributed by atoms with Crippen LogP contribution in [-0.4, -0.2) is 49.2 Å². The van der Waals surface area contributed by atoms with E-state index in [2.05, 4.69) is 15.4 Å². The van der Waals surface area contributed by atoms with Crippen molar-refractivity contribution in [2.45, 2.75) is 51.9 Å². The number of benzene rings is 1. The molecule has 29 heavy (non-hydrogen) atoms. The maximum absolute atomic E-state index is 11.9. The van der Waals surface area contributed by atoms with Crippen molar-refractivity contribution in [2.24, 2.45) is 0 Å². The van der Waals surface area contributed by atoms with Gasteiger partial charge in [0.15, 0.2) is 0 Å². The summed E-state index contributed by atoms with van der Waals surface area (Å²) in [4.78, 5) is 47.3. The average Bonchev–Trinajstić information content (AvgIpc) is 2.66. The van der Waals surface area contributed by atoms with Crippen molar-refractivity contribution in [1.82, 2.24) is 10.6 Å². The summed E-state index contributed by atoms with van der Waals surface area (Å²) in [6.45, 7) is 4.87. The Bertz CT molecular complexity index is 699. The number of hydrogen-bond donors (Lipinski definition) is 2. The van der Waals surface area contributed by atoms with E-state index >= 15 is 0 Å². The topological polar surface area (TPSA) is 120 Å². The molecule has 1 unspecified atom stereocenters. The van der Waals surface area contributed by atoms with Crippen LogP contribution < -0.4 is 10.6 Å². The van der Waals surface area contributed by atoms with Crippen molar-refractivity contribution in [3.05, 3.63) is 35.9 Å². The van der Waals surface area contributed by atoms with E-state index in [0.29, 0.717) is 0 Å². The van der Waals surface area contributed by atoms with E-state index in [-0.39, 0.29) is 26.0 Å². The number of ether oxygens (including phenoxy) is 3. The smallest absolute Gasteiger partial charge is 0.408 e. The monoisotopic (exact) mass is 408 g/mol. The van der Waals surface area contributed by atoms with E-state index in [9.17, 15) is 19.2 Å². The third-order valence-corrected chi connectivity index (χ3v) is 3.51. The fourth-order valence-corrected chi connectivity index (χ4v) is 2.16. The zero-order chi connectivity index (χ0) is 21.9. The highest BCUT2D eigenvalue weighted by atomic mass is 16.6. The number of hydrogen-bond acceptors (Lipinski definition) is 7. The van der Waals surface area contributed by atoms with Gasteiger partial charge < -0.3 is 24.8 Å². The van der Waals surface area contributed by atoms with E-state index in [4.69, 9.17) is 9.47 Å². The molecular formula is C20H28N2O7. The molecule has 0 aliphatic carbocycles. The average molecular weight is 408 g/mol. The number of alkyl carbamates (subject to hydrolysis) is 1. The lowest BCUT2D eigenvalue weighted by atomic mass is 10.1. The molecule has 1 aromatic rings. The zero-order valence-corrected chi connectivity index (χ0v) is 17.2. The second kappa shape index (κ2) is 11.7. The van der Waals surface area contributed by atoms with Crippen LogP contribution in [0.3, 0.4) is 0 Å². The first-order valence-corrected chi connectivity index (χ1v) is 9.14. The van der Waals surface area contributed by atoms with Crippen molar-refractivity contribution in [2.75, 3.05) is 13.7 Å². The Morgan fingerprint density at radius 3 is 2.31 bits per heavy atom. The second-order valence-electron chi connectivity index (χ2n) is 7.18. The molecule has 0 saturated carbocycles. The molecule has 160 valence electrons. The van der Waals surface area contributed by atoms with Gasteiger partial charge in [-0.15, -0.1) is 0 Å². The molecular weight excluding hydrogens is 380 g/mol. The summed E-state index contributed by atoms with van der Waals surface area (Å²) in [7, 11) is 1.18. The largest absolute Gasteiger partial charge is 0.467 e. The van der Waals surface area contributed by atoms with Gasteiger partial charge in [-0.3, -0.25) is 9.59 Å². The predicted molar refractivity (Wildman–Crippen MR) is 104 cm³/mol. The highest BCUT2D eigenvalue weighted by Gasteiger charge is 2.25. The number of amides is 2. The summed E-state index contributed by atoms with van der Waals surface area (Å²) in [5.74, 6) is -1.76. The van der Waals surface area contributed by atoms with E-state index in [1.165, 1.54) is 7.11 Å². The summed E-state index contributed by atoms with van der Waals surface area (Å²) in [6, 6.07) is 8.09. The molecule has 1 atom stereocenters. The summed E-state index contributed by atoms with van der Waals surface area (Å²) in [6.07, 6.45) is -0.920. The van der Waals surface area contributed by atoms with Crippen molar-refractivity contribution in [3.63, 3.8) is 0 Å². The molecule has 0 aromatic heterocycles. The van der Waals surface area contributed by atoms with Gasteiger partial charge in [0.25, 0.3) is 0 Å². The standard InChI is InChI=1S/C20H28N2O7/c1-20(2,3)29-19(26)22-15(18(25)27-4)10-11-16(23)21-12-17(24)28-13-14-8-6-5-7-9-14/h5-9,15H,10-13H2,1-4H3,(H,21,23)(H,22,26). The van der Waals surface area contributed by atoms with Gasteiger partial charge in [0.05, 0.1) is 7.11 Å². The molecule has 1 rings (SSSR count). The fraction of sp³-hybridized carbons (Fsp3) is 0.500. The van der Waals surface area contributed by atoms with Crippen LogP contribution in [0.5, 0.6) is 0 Å². The maximum atomic E-state index is 11.9. The predicted octanol–water partition coefficient (Wildman–Crippen LogP) is 1.69. The van der Waals surface area contributed by atoms with E-state index in [1.54, 1.807) is 20.8 Å². The van der Waals surface area contributed by atoms with Crippen LogP contribution in [0.4, 0.5) is 4.79 Å². The van der Waals surface area contributed by atoms with Gasteiger partial charge in [-0.25, -0.2) is 9.59 Å². The lowest BCUT2D eigenvalue weighted by Crippen LogP contribution is -2.44. The normalized spacial score (nSPS) is 11.7. The third-order valence-electron chi connectivity index (χ3n) is 3.51. The highest BCUT2D eigenvalue weighted by Crippen LogP contribution is 2.08. The van der Waals surface area contributed by atoms with Crippen LogP contribution in [0, 0.1) is 0 Å². The minimum atomic E-state index is -1.05. The van der Waals surface area contributed by atoms with Gasteiger partial charge >= 0.3 is 18.0 Å². The van der Waals surface area contributed by atoms with E-state index in [0.717, 1.165) is 5.56 Å². The van der Waals surface area contributed by atoms with Crippen LogP contribution in [0.25, 0.3) is 0 Å². The molecule has 0 saturated heterocycles. The second-order valence-corrected chi connectivity index (χ2v) is 7.18. The Hall–Kier alpha value is -3.10. The van der Waals surface area contributed by atoms with Crippen molar-refractivity contribution in [3.8, 4) is 0 Å². The van der Waals surface area contributed by atoms with Crippen molar-refractivity contribution in [1.29, 1.82) is 0 Å². The number of esters is 2. The molecule has 0 bridgehead atoms. The Morgan fingerprint density at radius 2 is 1.72 bits per heavy atom. The highest BCUT2D eigenvalue weighted by molar-refractivity contribution is 5.84. The van der Waals surface area contributed by atoms with E-state index < -0.39 is 35.6 Å². The molecule has 2 N–H and O–H groups in total. The molecule has 9 nitrogen and oxygen atoms in total. The summed E-state index contributed by atoms with van der Waals surface area (Å²) < 4.78 is 14.8. The lowest BCUT2D eigenvalue weighted by Gasteiger charge is -2.22. The van der Waals surface area contributed by atoms with Gasteiger partial charge in [0.2, 0.25) is 5.91 Å². The minimum absolute atomic E-state index is 0.0171. The van der Waals surface area contributed by atoms with E-state index in [1.807, 2.05) is 30.3 Å². The van der Waals surface area contributed by atoms with Crippen molar-refractivity contribution < 1.29 is 33.4 Å². The molecule has 0 spiro atoms. The molecule has 1 aromatic carbocycles. The van der Waals surface area contributed by atoms with Gasteiger partial charge in [-0.2, -0.15) is 0 Å². The van der Waals surface area contributed by atoms with Crippen LogP contribution >= 0.6 is 0 Å². The molecule has 0 heterocycles. The third kappa shape index (κ3) is 10.7. The molecule has 0 fully saturated rings. The molecule has 0 radical (unpaired) electrons. The fourth-order valence-electron chi connectivity index (χ4n) is 2.16. The summed E-state index contributed by atoms with van der Waals surface area (Å²) >= 11 is 0. The Labute approximate surface area is 170 Å². The zero-order valence-electron chi connectivity index (χ0n) is 17.2. The van der Waals surface area contributed by atoms with Crippen molar-refractivity contribution >= 4 is 23.9 Å². The quantitative estimate of drug-likeness (QED) is 0.471. The Balaban J connectivity index is 2.39. The number of rotatable bonds is 9. The Morgan fingerprint density at radius 1 is 1.07 bits per heavy atom. The maximum Gasteiger partial charge on any atom is 0.408 e. The van der Waals surface area contributed by atoms with Crippen LogP contribution in [0.15, 0.2) is 30.3 Å².